The van der Waals surface area contributed by atoms with Crippen molar-refractivity contribution in [2.75, 3.05) is 56.9 Å². The predicted molar refractivity (Wildman–Crippen MR) is 82.3 cm³/mol. The lowest BCUT2D eigenvalue weighted by Crippen LogP contribution is -2.46. The number of nitrogens with two attached hydrogens (primary N) is 1. The van der Waals surface area contributed by atoms with Gasteiger partial charge in [0, 0.05) is 45.8 Å². The summed E-state index contributed by atoms with van der Waals surface area (Å²) in [5.74, 6) is 0.157. The van der Waals surface area contributed by atoms with E-state index < -0.39 is 0 Å². The number of carbonyl (C=O) groups excluding carboxylic acids is 1. The highest BCUT2D eigenvalue weighted by atomic mass is 32.1. The Kier molecular flexibility index (Phi) is 5.57. The zero-order valence-electron chi connectivity index (χ0n) is 11.7. The maximum Gasteiger partial charge on any atom is 0.265 e. The average Bonchev–Trinajstić information content (AvgIpc) is 2.81. The molecule has 1 aromatic heterocycles. The van der Waals surface area contributed by atoms with Gasteiger partial charge in [-0.15, -0.1) is 0 Å². The largest absolute Gasteiger partial charge is 0.382 e. The first-order chi connectivity index (χ1) is 9.70. The first kappa shape index (κ1) is 15.0. The molecule has 0 spiro atoms. The van der Waals surface area contributed by atoms with Gasteiger partial charge in [0.1, 0.15) is 10.7 Å². The number of hydrogen-bond donors (Lipinski definition) is 4. The van der Waals surface area contributed by atoms with Crippen LogP contribution in [0.3, 0.4) is 0 Å². The van der Waals surface area contributed by atoms with Crippen molar-refractivity contribution in [2.45, 2.75) is 6.92 Å². The molecule has 0 saturated carbocycles. The Bertz CT molecular complexity index is 443. The minimum absolute atomic E-state index is 0.140. The van der Waals surface area contributed by atoms with Crippen LogP contribution in [0.1, 0.15) is 16.6 Å². The molecule has 0 radical (unpaired) electrons. The van der Waals surface area contributed by atoms with Gasteiger partial charge in [-0.1, -0.05) is 11.3 Å². The van der Waals surface area contributed by atoms with Crippen LogP contribution in [-0.4, -0.2) is 61.6 Å². The Morgan fingerprint density at radius 2 is 2.25 bits per heavy atom. The van der Waals surface area contributed by atoms with Crippen LogP contribution >= 0.6 is 11.3 Å². The Morgan fingerprint density at radius 3 is 2.95 bits per heavy atom. The number of piperazine rings is 1. The van der Waals surface area contributed by atoms with Crippen molar-refractivity contribution in [3.05, 3.63) is 4.88 Å². The highest BCUT2D eigenvalue weighted by Crippen LogP contribution is 2.24. The Balaban J connectivity index is 1.79. The van der Waals surface area contributed by atoms with Crippen molar-refractivity contribution in [1.29, 1.82) is 0 Å². The smallest absolute Gasteiger partial charge is 0.265 e. The van der Waals surface area contributed by atoms with Gasteiger partial charge in [0.15, 0.2) is 5.13 Å². The molecule has 0 aromatic carbocycles. The van der Waals surface area contributed by atoms with Gasteiger partial charge in [-0.25, -0.2) is 4.98 Å². The van der Waals surface area contributed by atoms with E-state index in [0.29, 0.717) is 22.4 Å². The van der Waals surface area contributed by atoms with Gasteiger partial charge in [0.2, 0.25) is 0 Å². The van der Waals surface area contributed by atoms with E-state index in [-0.39, 0.29) is 5.91 Å². The summed E-state index contributed by atoms with van der Waals surface area (Å²) in [6, 6.07) is 0. The Labute approximate surface area is 122 Å². The number of rotatable bonds is 6. The van der Waals surface area contributed by atoms with Crippen molar-refractivity contribution in [3.8, 4) is 0 Å². The zero-order chi connectivity index (χ0) is 14.4. The molecule has 0 bridgehead atoms. The minimum Gasteiger partial charge on any atom is -0.382 e. The van der Waals surface area contributed by atoms with Crippen LogP contribution in [0, 0.1) is 0 Å². The van der Waals surface area contributed by atoms with E-state index in [9.17, 15) is 4.79 Å². The number of amides is 1. The van der Waals surface area contributed by atoms with Crippen molar-refractivity contribution in [1.82, 2.24) is 20.5 Å². The third kappa shape index (κ3) is 4.06. The van der Waals surface area contributed by atoms with Crippen molar-refractivity contribution in [3.63, 3.8) is 0 Å². The summed E-state index contributed by atoms with van der Waals surface area (Å²) in [5, 5.41) is 9.96. The third-order valence-electron chi connectivity index (χ3n) is 3.11. The van der Waals surface area contributed by atoms with Crippen LogP contribution in [0.4, 0.5) is 10.9 Å². The molecule has 1 saturated heterocycles. The molecule has 2 heterocycles. The quantitative estimate of drug-likeness (QED) is 0.580. The summed E-state index contributed by atoms with van der Waals surface area (Å²) in [5.41, 5.74) is 5.77. The third-order valence-corrected chi connectivity index (χ3v) is 4.14. The van der Waals surface area contributed by atoms with Gasteiger partial charge in [-0.2, -0.15) is 0 Å². The second kappa shape index (κ2) is 7.41. The zero-order valence-corrected chi connectivity index (χ0v) is 12.6. The van der Waals surface area contributed by atoms with Crippen LogP contribution in [-0.2, 0) is 0 Å². The first-order valence-corrected chi connectivity index (χ1v) is 7.73. The van der Waals surface area contributed by atoms with Gasteiger partial charge in [-0.3, -0.25) is 9.69 Å². The number of hydrogen-bond acceptors (Lipinski definition) is 7. The highest BCUT2D eigenvalue weighted by molar-refractivity contribution is 7.18. The number of nitrogens with one attached hydrogen (secondary N) is 3. The van der Waals surface area contributed by atoms with Crippen LogP contribution < -0.4 is 21.7 Å². The lowest BCUT2D eigenvalue weighted by Gasteiger charge is -2.26. The molecule has 0 unspecified atom stereocenters. The lowest BCUT2D eigenvalue weighted by atomic mass is 10.3. The van der Waals surface area contributed by atoms with E-state index in [4.69, 9.17) is 5.73 Å². The van der Waals surface area contributed by atoms with E-state index in [0.717, 1.165) is 39.3 Å². The number of anilines is 2. The van der Waals surface area contributed by atoms with E-state index in [1.54, 1.807) is 0 Å². The molecular formula is C12H22N6OS. The van der Waals surface area contributed by atoms with Gasteiger partial charge >= 0.3 is 0 Å². The van der Waals surface area contributed by atoms with Crippen LogP contribution in [0.2, 0.25) is 0 Å². The fourth-order valence-electron chi connectivity index (χ4n) is 2.06. The van der Waals surface area contributed by atoms with Gasteiger partial charge in [0.25, 0.3) is 5.91 Å². The Morgan fingerprint density at radius 1 is 1.50 bits per heavy atom. The standard InChI is InChI=1S/C12H22N6OS/c1-2-15-12-17-10(13)9(20-12)11(19)16-5-8-18-6-3-14-4-7-18/h14H,2-8,13H2,1H3,(H,15,17)(H,16,19). The number of aromatic nitrogens is 1. The maximum atomic E-state index is 12.0. The second-order valence-corrected chi connectivity index (χ2v) is 5.61. The molecule has 1 aromatic rings. The van der Waals surface area contributed by atoms with Gasteiger partial charge in [0.05, 0.1) is 0 Å². The molecule has 8 heteroatoms. The molecule has 7 nitrogen and oxygen atoms in total. The van der Waals surface area contributed by atoms with Crippen LogP contribution in [0.15, 0.2) is 0 Å². The number of carbonyl (C=O) groups is 1. The highest BCUT2D eigenvalue weighted by Gasteiger charge is 2.16. The molecule has 20 heavy (non-hydrogen) atoms. The topological polar surface area (TPSA) is 95.3 Å². The first-order valence-electron chi connectivity index (χ1n) is 6.92. The molecular weight excluding hydrogens is 276 g/mol. The average molecular weight is 298 g/mol. The molecule has 5 N–H and O–H groups in total. The lowest BCUT2D eigenvalue weighted by molar-refractivity contribution is 0.0952. The molecule has 112 valence electrons. The second-order valence-electron chi connectivity index (χ2n) is 4.61. The summed E-state index contributed by atoms with van der Waals surface area (Å²) in [4.78, 5) is 19.0. The van der Waals surface area contributed by atoms with Crippen molar-refractivity contribution >= 4 is 28.2 Å². The summed E-state index contributed by atoms with van der Waals surface area (Å²) in [6.45, 7) is 8.33. The van der Waals surface area contributed by atoms with Gasteiger partial charge in [-0.05, 0) is 6.92 Å². The molecule has 1 fully saturated rings. The predicted octanol–water partition coefficient (Wildman–Crippen LogP) is -0.208. The summed E-state index contributed by atoms with van der Waals surface area (Å²) >= 11 is 1.30. The van der Waals surface area contributed by atoms with E-state index in [1.807, 2.05) is 6.92 Å². The van der Waals surface area contributed by atoms with Crippen LogP contribution in [0.5, 0.6) is 0 Å². The van der Waals surface area contributed by atoms with Crippen molar-refractivity contribution in [2.24, 2.45) is 0 Å². The van der Waals surface area contributed by atoms with Gasteiger partial charge < -0.3 is 21.7 Å². The fraction of sp³-hybridized carbons (Fsp3) is 0.667. The molecule has 1 amide bonds. The van der Waals surface area contributed by atoms with Crippen LogP contribution in [0.25, 0.3) is 0 Å². The normalized spacial score (nSPS) is 16.1. The molecule has 0 atom stereocenters. The minimum atomic E-state index is -0.140. The van der Waals surface area contributed by atoms with Crippen molar-refractivity contribution < 1.29 is 4.79 Å². The fourth-order valence-corrected chi connectivity index (χ4v) is 2.93. The summed E-state index contributed by atoms with van der Waals surface area (Å²) in [7, 11) is 0. The van der Waals surface area contributed by atoms with E-state index in [2.05, 4.69) is 25.8 Å². The Hall–Kier alpha value is -1.38. The summed E-state index contributed by atoms with van der Waals surface area (Å²) in [6.07, 6.45) is 0. The number of nitrogens with zero attached hydrogens (tertiary/aromatic N) is 2. The maximum absolute atomic E-state index is 12.0. The number of nitrogen functional groups attached to an aromatic ring is 1. The molecule has 1 aliphatic rings. The summed E-state index contributed by atoms with van der Waals surface area (Å²) < 4.78 is 0. The molecule has 2 rings (SSSR count). The molecule has 1 aliphatic heterocycles. The SMILES string of the molecule is CCNc1nc(N)c(C(=O)NCCN2CCNCC2)s1. The number of thiazole rings is 1. The van der Waals surface area contributed by atoms with E-state index in [1.165, 1.54) is 11.3 Å². The van der Waals surface area contributed by atoms with E-state index >= 15 is 0 Å². The molecule has 0 aliphatic carbocycles. The monoisotopic (exact) mass is 298 g/mol.